The molecule has 0 aromatic heterocycles. The van der Waals surface area contributed by atoms with E-state index in [4.69, 9.17) is 4.74 Å². The van der Waals surface area contributed by atoms with Crippen LogP contribution in [0, 0.1) is 0 Å². The summed E-state index contributed by atoms with van der Waals surface area (Å²) >= 11 is 0. The van der Waals surface area contributed by atoms with Gasteiger partial charge in [-0.2, -0.15) is 0 Å². The highest BCUT2D eigenvalue weighted by Gasteiger charge is 2.17. The van der Waals surface area contributed by atoms with Gasteiger partial charge in [0.25, 0.3) is 0 Å². The van der Waals surface area contributed by atoms with Gasteiger partial charge in [0.2, 0.25) is 0 Å². The predicted molar refractivity (Wildman–Crippen MR) is 74.6 cm³/mol. The van der Waals surface area contributed by atoms with Crippen LogP contribution < -0.4 is 0 Å². The van der Waals surface area contributed by atoms with Crippen LogP contribution in [0.3, 0.4) is 0 Å². The Balaban J connectivity index is 2.30. The fraction of sp³-hybridized carbons (Fsp3) is 0.800. The first-order valence-corrected chi connectivity index (χ1v) is 7.13. The fourth-order valence-corrected chi connectivity index (χ4v) is 2.23. The van der Waals surface area contributed by atoms with E-state index in [9.17, 15) is 9.18 Å². The number of hydrogen-bond acceptors (Lipinski definition) is 3. The molecule has 1 rings (SSSR count). The standard InChI is InChI=1S/C15H26FNO2/c1-15(2,3)19-14(18)8-7-13(11-16)12-17-9-5-4-6-10-17/h11H,4-10,12H2,1-3H3. The van der Waals surface area contributed by atoms with E-state index in [-0.39, 0.29) is 12.4 Å². The summed E-state index contributed by atoms with van der Waals surface area (Å²) in [6.07, 6.45) is 4.99. The van der Waals surface area contributed by atoms with Crippen LogP contribution in [0.15, 0.2) is 11.9 Å². The molecular formula is C15H26FNO2. The maximum absolute atomic E-state index is 12.9. The minimum atomic E-state index is -0.469. The number of carbonyl (C=O) groups excluding carboxylic acids is 1. The molecule has 0 aromatic rings. The molecule has 0 radical (unpaired) electrons. The summed E-state index contributed by atoms with van der Waals surface area (Å²) in [4.78, 5) is 13.8. The third-order valence-electron chi connectivity index (χ3n) is 3.10. The highest BCUT2D eigenvalue weighted by molar-refractivity contribution is 5.70. The topological polar surface area (TPSA) is 29.5 Å². The minimum Gasteiger partial charge on any atom is -0.460 e. The molecule has 1 aliphatic heterocycles. The van der Waals surface area contributed by atoms with Crippen molar-refractivity contribution >= 4 is 5.97 Å². The van der Waals surface area contributed by atoms with Crippen molar-refractivity contribution in [1.29, 1.82) is 0 Å². The maximum atomic E-state index is 12.9. The van der Waals surface area contributed by atoms with Crippen molar-refractivity contribution in [3.05, 3.63) is 11.9 Å². The Kier molecular flexibility index (Phi) is 6.49. The van der Waals surface area contributed by atoms with E-state index in [0.717, 1.165) is 13.1 Å². The number of esters is 1. The highest BCUT2D eigenvalue weighted by Crippen LogP contribution is 2.16. The number of halogens is 1. The molecule has 0 atom stereocenters. The molecule has 0 aliphatic carbocycles. The first kappa shape index (κ1) is 16.2. The Morgan fingerprint density at radius 1 is 1.21 bits per heavy atom. The van der Waals surface area contributed by atoms with Crippen molar-refractivity contribution in [2.45, 2.75) is 58.5 Å². The summed E-state index contributed by atoms with van der Waals surface area (Å²) in [6.45, 7) is 8.21. The van der Waals surface area contributed by atoms with Gasteiger partial charge in [-0.05, 0) is 58.7 Å². The predicted octanol–water partition coefficient (Wildman–Crippen LogP) is 3.45. The van der Waals surface area contributed by atoms with Gasteiger partial charge in [-0.3, -0.25) is 9.69 Å². The second kappa shape index (κ2) is 7.63. The van der Waals surface area contributed by atoms with Gasteiger partial charge in [0.1, 0.15) is 5.60 Å². The van der Waals surface area contributed by atoms with E-state index in [1.165, 1.54) is 19.3 Å². The van der Waals surface area contributed by atoms with Gasteiger partial charge in [0.15, 0.2) is 0 Å². The van der Waals surface area contributed by atoms with Crippen LogP contribution in [0.1, 0.15) is 52.9 Å². The van der Waals surface area contributed by atoms with Gasteiger partial charge in [0.05, 0.1) is 6.33 Å². The molecule has 0 saturated carbocycles. The Morgan fingerprint density at radius 3 is 2.37 bits per heavy atom. The number of hydrogen-bond donors (Lipinski definition) is 0. The van der Waals surface area contributed by atoms with Crippen molar-refractivity contribution in [2.24, 2.45) is 0 Å². The van der Waals surface area contributed by atoms with Crippen LogP contribution in [0.2, 0.25) is 0 Å². The summed E-state index contributed by atoms with van der Waals surface area (Å²) in [7, 11) is 0. The lowest BCUT2D eigenvalue weighted by Gasteiger charge is -2.27. The molecule has 19 heavy (non-hydrogen) atoms. The quantitative estimate of drug-likeness (QED) is 0.717. The smallest absolute Gasteiger partial charge is 0.306 e. The third-order valence-corrected chi connectivity index (χ3v) is 3.10. The lowest BCUT2D eigenvalue weighted by atomic mass is 10.1. The molecule has 0 aromatic carbocycles. The molecule has 1 heterocycles. The van der Waals surface area contributed by atoms with Gasteiger partial charge < -0.3 is 4.74 Å². The number of ether oxygens (including phenoxy) is 1. The number of carbonyl (C=O) groups is 1. The van der Waals surface area contributed by atoms with E-state index in [1.54, 1.807) is 0 Å². The number of rotatable bonds is 5. The van der Waals surface area contributed by atoms with Gasteiger partial charge in [-0.25, -0.2) is 4.39 Å². The van der Waals surface area contributed by atoms with Crippen LogP contribution in [0.25, 0.3) is 0 Å². The van der Waals surface area contributed by atoms with Gasteiger partial charge in [-0.15, -0.1) is 0 Å². The summed E-state index contributed by atoms with van der Waals surface area (Å²) in [6, 6.07) is 0. The molecule has 0 spiro atoms. The second-order valence-corrected chi connectivity index (χ2v) is 6.19. The number of likely N-dealkylation sites (tertiary alicyclic amines) is 1. The van der Waals surface area contributed by atoms with Crippen LogP contribution in [-0.2, 0) is 9.53 Å². The summed E-state index contributed by atoms with van der Waals surface area (Å²) in [5.41, 5.74) is 0.219. The molecular weight excluding hydrogens is 245 g/mol. The lowest BCUT2D eigenvalue weighted by molar-refractivity contribution is -0.154. The molecule has 1 fully saturated rings. The summed E-state index contributed by atoms with van der Waals surface area (Å²) in [5.74, 6) is -0.259. The van der Waals surface area contributed by atoms with E-state index in [0.29, 0.717) is 24.9 Å². The molecule has 1 aliphatic rings. The highest BCUT2D eigenvalue weighted by atomic mass is 19.1. The molecule has 0 amide bonds. The SMILES string of the molecule is CC(C)(C)OC(=O)CCC(=CF)CN1CCCCC1. The molecule has 3 nitrogen and oxygen atoms in total. The fourth-order valence-electron chi connectivity index (χ4n) is 2.23. The average molecular weight is 271 g/mol. The van der Waals surface area contributed by atoms with Crippen molar-refractivity contribution in [1.82, 2.24) is 4.90 Å². The number of nitrogens with zero attached hydrogens (tertiary/aromatic N) is 1. The molecule has 0 N–H and O–H groups in total. The molecule has 0 unspecified atom stereocenters. The average Bonchev–Trinajstić information content (AvgIpc) is 2.33. The normalized spacial score (nSPS) is 18.4. The molecule has 0 bridgehead atoms. The van der Waals surface area contributed by atoms with Gasteiger partial charge >= 0.3 is 5.97 Å². The maximum Gasteiger partial charge on any atom is 0.306 e. The minimum absolute atomic E-state index is 0.251. The van der Waals surface area contributed by atoms with Crippen LogP contribution >= 0.6 is 0 Å². The summed E-state index contributed by atoms with van der Waals surface area (Å²) in [5, 5.41) is 0. The summed E-state index contributed by atoms with van der Waals surface area (Å²) < 4.78 is 18.1. The van der Waals surface area contributed by atoms with E-state index < -0.39 is 5.60 Å². The van der Waals surface area contributed by atoms with E-state index in [1.807, 2.05) is 20.8 Å². The van der Waals surface area contributed by atoms with Crippen LogP contribution in [0.5, 0.6) is 0 Å². The Morgan fingerprint density at radius 2 is 1.84 bits per heavy atom. The first-order chi connectivity index (χ1) is 8.90. The zero-order valence-electron chi connectivity index (χ0n) is 12.4. The van der Waals surface area contributed by atoms with Gasteiger partial charge in [-0.1, -0.05) is 6.42 Å². The zero-order chi connectivity index (χ0) is 14.3. The van der Waals surface area contributed by atoms with E-state index >= 15 is 0 Å². The van der Waals surface area contributed by atoms with Gasteiger partial charge in [0, 0.05) is 13.0 Å². The lowest BCUT2D eigenvalue weighted by Crippen LogP contribution is -2.31. The first-order valence-electron chi connectivity index (χ1n) is 7.13. The van der Waals surface area contributed by atoms with Crippen LogP contribution in [-0.4, -0.2) is 36.1 Å². The Labute approximate surface area is 115 Å². The molecule has 1 saturated heterocycles. The second-order valence-electron chi connectivity index (χ2n) is 6.19. The molecule has 110 valence electrons. The monoisotopic (exact) mass is 271 g/mol. The van der Waals surface area contributed by atoms with Crippen molar-refractivity contribution in [3.8, 4) is 0 Å². The Bertz CT molecular complexity index is 315. The Hall–Kier alpha value is -0.900. The molecule has 4 heteroatoms. The zero-order valence-corrected chi connectivity index (χ0v) is 12.4. The van der Waals surface area contributed by atoms with E-state index in [2.05, 4.69) is 4.90 Å². The van der Waals surface area contributed by atoms with Crippen molar-refractivity contribution in [3.63, 3.8) is 0 Å². The number of piperidine rings is 1. The largest absolute Gasteiger partial charge is 0.460 e. The van der Waals surface area contributed by atoms with Crippen LogP contribution in [0.4, 0.5) is 4.39 Å². The third kappa shape index (κ3) is 7.31. The van der Waals surface area contributed by atoms with Crippen molar-refractivity contribution in [2.75, 3.05) is 19.6 Å². The van der Waals surface area contributed by atoms with Crippen molar-refractivity contribution < 1.29 is 13.9 Å².